The summed E-state index contributed by atoms with van der Waals surface area (Å²) in [7, 11) is 3.52. The smallest absolute Gasteiger partial charge is 0.166 e. The van der Waals surface area contributed by atoms with Crippen LogP contribution in [0.1, 0.15) is 16.1 Å². The van der Waals surface area contributed by atoms with Crippen molar-refractivity contribution in [1.82, 2.24) is 4.57 Å². The standard InChI is InChI=1S/C12H13NO2/c1-8-10-5-4-9(15-3)6-11(10)13(2)12(8)7-14/h4-7H,1-3H3. The van der Waals surface area contributed by atoms with Crippen molar-refractivity contribution in [2.45, 2.75) is 6.92 Å². The van der Waals surface area contributed by atoms with Gasteiger partial charge in [0.1, 0.15) is 5.75 Å². The van der Waals surface area contributed by atoms with Crippen LogP contribution in [0.2, 0.25) is 0 Å². The SMILES string of the molecule is COc1ccc2c(C)c(C=O)n(C)c2c1. The van der Waals surface area contributed by atoms with Gasteiger partial charge in [-0.2, -0.15) is 0 Å². The highest BCUT2D eigenvalue weighted by Crippen LogP contribution is 2.27. The van der Waals surface area contributed by atoms with Gasteiger partial charge in [-0.05, 0) is 24.6 Å². The first-order chi connectivity index (χ1) is 7.19. The van der Waals surface area contributed by atoms with E-state index in [1.54, 1.807) is 7.11 Å². The summed E-state index contributed by atoms with van der Waals surface area (Å²) in [5.74, 6) is 0.806. The Morgan fingerprint density at radius 3 is 2.73 bits per heavy atom. The highest BCUT2D eigenvalue weighted by molar-refractivity contribution is 5.93. The molecular weight excluding hydrogens is 190 g/mol. The van der Waals surface area contributed by atoms with Gasteiger partial charge in [0.2, 0.25) is 0 Å². The summed E-state index contributed by atoms with van der Waals surface area (Å²) in [5, 5.41) is 1.10. The zero-order valence-corrected chi connectivity index (χ0v) is 9.07. The van der Waals surface area contributed by atoms with Crippen LogP contribution in [-0.4, -0.2) is 18.0 Å². The van der Waals surface area contributed by atoms with Crippen LogP contribution in [0.3, 0.4) is 0 Å². The van der Waals surface area contributed by atoms with Crippen LogP contribution in [0.4, 0.5) is 0 Å². The molecule has 0 bridgehead atoms. The predicted molar refractivity (Wildman–Crippen MR) is 59.6 cm³/mol. The van der Waals surface area contributed by atoms with E-state index >= 15 is 0 Å². The third-order valence-corrected chi connectivity index (χ3v) is 2.83. The molecule has 0 saturated heterocycles. The first kappa shape index (κ1) is 9.77. The fraction of sp³-hybridized carbons (Fsp3) is 0.250. The molecule has 0 N–H and O–H groups in total. The number of carbonyl (C=O) groups excluding carboxylic acids is 1. The van der Waals surface area contributed by atoms with Gasteiger partial charge in [-0.15, -0.1) is 0 Å². The Labute approximate surface area is 88.3 Å². The van der Waals surface area contributed by atoms with Crippen LogP contribution >= 0.6 is 0 Å². The molecule has 1 aromatic carbocycles. The third kappa shape index (κ3) is 1.31. The molecule has 0 aliphatic heterocycles. The number of benzene rings is 1. The van der Waals surface area contributed by atoms with Crippen LogP contribution in [0.5, 0.6) is 5.75 Å². The molecule has 2 rings (SSSR count). The number of hydrogen-bond acceptors (Lipinski definition) is 2. The largest absolute Gasteiger partial charge is 0.497 e. The van der Waals surface area contributed by atoms with Crippen LogP contribution in [-0.2, 0) is 7.05 Å². The fourth-order valence-electron chi connectivity index (χ4n) is 1.92. The number of hydrogen-bond donors (Lipinski definition) is 0. The lowest BCUT2D eigenvalue weighted by Gasteiger charge is -2.01. The number of ether oxygens (including phenoxy) is 1. The minimum Gasteiger partial charge on any atom is -0.497 e. The second-order valence-electron chi connectivity index (χ2n) is 3.57. The maximum absolute atomic E-state index is 10.9. The van der Waals surface area contributed by atoms with E-state index in [4.69, 9.17) is 4.74 Å². The van der Waals surface area contributed by atoms with Crippen LogP contribution in [0.25, 0.3) is 10.9 Å². The lowest BCUT2D eigenvalue weighted by molar-refractivity contribution is 0.111. The molecule has 15 heavy (non-hydrogen) atoms. The highest BCUT2D eigenvalue weighted by atomic mass is 16.5. The molecule has 3 heteroatoms. The molecule has 0 radical (unpaired) electrons. The number of nitrogens with zero attached hydrogens (tertiary/aromatic N) is 1. The zero-order chi connectivity index (χ0) is 11.0. The minimum atomic E-state index is 0.721. The molecule has 1 heterocycles. The predicted octanol–water partition coefficient (Wildman–Crippen LogP) is 2.31. The lowest BCUT2D eigenvalue weighted by atomic mass is 10.1. The number of fused-ring (bicyclic) bond motifs is 1. The summed E-state index contributed by atoms with van der Waals surface area (Å²) >= 11 is 0. The van der Waals surface area contributed by atoms with Crippen LogP contribution in [0, 0.1) is 6.92 Å². The molecule has 0 unspecified atom stereocenters. The van der Waals surface area contributed by atoms with Gasteiger partial charge in [0, 0.05) is 18.5 Å². The van der Waals surface area contributed by atoms with E-state index in [9.17, 15) is 4.79 Å². The van der Waals surface area contributed by atoms with Crippen molar-refractivity contribution in [2.75, 3.05) is 7.11 Å². The quantitative estimate of drug-likeness (QED) is 0.701. The minimum absolute atomic E-state index is 0.721. The summed E-state index contributed by atoms with van der Waals surface area (Å²) in [5.41, 5.74) is 2.76. The Morgan fingerprint density at radius 2 is 2.13 bits per heavy atom. The maximum atomic E-state index is 10.9. The number of rotatable bonds is 2. The van der Waals surface area contributed by atoms with E-state index < -0.39 is 0 Å². The van der Waals surface area contributed by atoms with Crippen LogP contribution in [0.15, 0.2) is 18.2 Å². The molecule has 0 spiro atoms. The number of carbonyl (C=O) groups is 1. The van der Waals surface area contributed by atoms with Crippen LogP contribution < -0.4 is 4.74 Å². The van der Waals surface area contributed by atoms with Crippen molar-refractivity contribution in [3.8, 4) is 5.75 Å². The first-order valence-corrected chi connectivity index (χ1v) is 4.77. The van der Waals surface area contributed by atoms with E-state index in [1.807, 2.05) is 36.7 Å². The molecule has 0 saturated carbocycles. The van der Waals surface area contributed by atoms with Crippen molar-refractivity contribution in [3.63, 3.8) is 0 Å². The fourth-order valence-corrected chi connectivity index (χ4v) is 1.92. The van der Waals surface area contributed by atoms with Crippen molar-refractivity contribution in [2.24, 2.45) is 7.05 Å². The highest BCUT2D eigenvalue weighted by Gasteiger charge is 2.11. The lowest BCUT2D eigenvalue weighted by Crippen LogP contribution is -1.95. The average Bonchev–Trinajstić information content (AvgIpc) is 2.51. The zero-order valence-electron chi connectivity index (χ0n) is 9.07. The van der Waals surface area contributed by atoms with Crippen molar-refractivity contribution in [3.05, 3.63) is 29.5 Å². The monoisotopic (exact) mass is 203 g/mol. The third-order valence-electron chi connectivity index (χ3n) is 2.83. The Kier molecular flexibility index (Phi) is 2.23. The molecule has 0 aliphatic rings. The van der Waals surface area contributed by atoms with Crippen molar-refractivity contribution >= 4 is 17.2 Å². The van der Waals surface area contributed by atoms with Gasteiger partial charge in [0.15, 0.2) is 6.29 Å². The second-order valence-corrected chi connectivity index (χ2v) is 3.57. The van der Waals surface area contributed by atoms with Gasteiger partial charge in [-0.1, -0.05) is 0 Å². The molecule has 78 valence electrons. The molecule has 0 fully saturated rings. The molecule has 1 aromatic heterocycles. The summed E-state index contributed by atoms with van der Waals surface area (Å²) in [6.45, 7) is 1.96. The number of methoxy groups -OCH3 is 1. The summed E-state index contributed by atoms with van der Waals surface area (Å²) in [6.07, 6.45) is 0.891. The summed E-state index contributed by atoms with van der Waals surface area (Å²) in [4.78, 5) is 10.9. The topological polar surface area (TPSA) is 31.2 Å². The second kappa shape index (κ2) is 3.42. The molecular formula is C12H13NO2. The van der Waals surface area contributed by atoms with Crippen molar-refractivity contribution < 1.29 is 9.53 Å². The molecule has 3 nitrogen and oxygen atoms in total. The first-order valence-electron chi connectivity index (χ1n) is 4.77. The van der Waals surface area contributed by atoms with Gasteiger partial charge >= 0.3 is 0 Å². The van der Waals surface area contributed by atoms with E-state index in [1.165, 1.54) is 0 Å². The number of aryl methyl sites for hydroxylation is 2. The molecule has 0 atom stereocenters. The van der Waals surface area contributed by atoms with E-state index in [2.05, 4.69) is 0 Å². The molecule has 0 amide bonds. The Balaban J connectivity index is 2.83. The maximum Gasteiger partial charge on any atom is 0.166 e. The Morgan fingerprint density at radius 1 is 1.40 bits per heavy atom. The Bertz CT molecular complexity index is 526. The molecule has 0 aliphatic carbocycles. The van der Waals surface area contributed by atoms with Gasteiger partial charge in [0.25, 0.3) is 0 Å². The van der Waals surface area contributed by atoms with Gasteiger partial charge < -0.3 is 9.30 Å². The van der Waals surface area contributed by atoms with Gasteiger partial charge in [0.05, 0.1) is 18.3 Å². The van der Waals surface area contributed by atoms with Gasteiger partial charge in [-0.25, -0.2) is 0 Å². The summed E-state index contributed by atoms with van der Waals surface area (Å²) < 4.78 is 7.05. The van der Waals surface area contributed by atoms with Gasteiger partial charge in [-0.3, -0.25) is 4.79 Å². The summed E-state index contributed by atoms with van der Waals surface area (Å²) in [6, 6.07) is 5.83. The average molecular weight is 203 g/mol. The van der Waals surface area contributed by atoms with E-state index in [-0.39, 0.29) is 0 Å². The van der Waals surface area contributed by atoms with Crippen molar-refractivity contribution in [1.29, 1.82) is 0 Å². The normalized spacial score (nSPS) is 10.6. The van der Waals surface area contributed by atoms with E-state index in [0.29, 0.717) is 0 Å². The Hall–Kier alpha value is -1.77. The molecule has 2 aromatic rings. The number of aromatic nitrogens is 1. The van der Waals surface area contributed by atoms with E-state index in [0.717, 1.165) is 34.2 Å². The number of aldehydes is 1.